The molecule has 1 aromatic heterocycles. The summed E-state index contributed by atoms with van der Waals surface area (Å²) in [7, 11) is -3.65. The molecule has 0 N–H and O–H groups in total. The quantitative estimate of drug-likeness (QED) is 0.740. The Hall–Kier alpha value is -2.23. The first-order valence-corrected chi connectivity index (χ1v) is 11.4. The zero-order valence-electron chi connectivity index (χ0n) is 16.0. The Morgan fingerprint density at radius 3 is 2.93 bits per heavy atom. The first-order valence-electron chi connectivity index (χ1n) is 9.97. The summed E-state index contributed by atoms with van der Waals surface area (Å²) in [5, 5.41) is 4.50. The Morgan fingerprint density at radius 2 is 2.03 bits per heavy atom. The second-order valence-electron chi connectivity index (χ2n) is 7.72. The lowest BCUT2D eigenvalue weighted by Crippen LogP contribution is -2.41. The largest absolute Gasteiger partial charge is 0.493 e. The van der Waals surface area contributed by atoms with Gasteiger partial charge in [-0.1, -0.05) is 0 Å². The van der Waals surface area contributed by atoms with Gasteiger partial charge in [-0.3, -0.25) is 4.79 Å². The van der Waals surface area contributed by atoms with Crippen molar-refractivity contribution in [1.29, 1.82) is 0 Å². The Balaban J connectivity index is 1.42. The third-order valence-electron chi connectivity index (χ3n) is 5.88. The zero-order chi connectivity index (χ0) is 20.0. The molecule has 1 fully saturated rings. The van der Waals surface area contributed by atoms with Gasteiger partial charge in [0.05, 0.1) is 37.0 Å². The van der Waals surface area contributed by atoms with Crippen molar-refractivity contribution >= 4 is 10.0 Å². The van der Waals surface area contributed by atoms with Crippen LogP contribution in [0.3, 0.4) is 0 Å². The molecule has 0 saturated carbocycles. The Labute approximate surface area is 169 Å². The summed E-state index contributed by atoms with van der Waals surface area (Å²) in [6.07, 6.45) is 2.87. The first-order chi connectivity index (χ1) is 14.0. The number of nitrogens with zero attached hydrogens (tertiary/aromatic N) is 3. The number of hydrogen-bond donors (Lipinski definition) is 0. The number of fused-ring (bicyclic) bond motifs is 2. The predicted molar refractivity (Wildman–Crippen MR) is 104 cm³/mol. The minimum Gasteiger partial charge on any atom is -0.493 e. The lowest BCUT2D eigenvalue weighted by atomic mass is 10.1. The molecule has 3 aliphatic rings. The highest BCUT2D eigenvalue weighted by Crippen LogP contribution is 2.32. The SMILES string of the molecule is O=c1cc2c(nn1CC1CCCN1S(=O)(=O)c1ccc3c(c1)CCO3)CCOC2. The molecule has 9 heteroatoms. The van der Waals surface area contributed by atoms with Gasteiger partial charge in [0, 0.05) is 37.1 Å². The fraction of sp³-hybridized carbons (Fsp3) is 0.500. The highest BCUT2D eigenvalue weighted by molar-refractivity contribution is 7.89. The maximum Gasteiger partial charge on any atom is 0.267 e. The second kappa shape index (κ2) is 7.23. The van der Waals surface area contributed by atoms with Crippen molar-refractivity contribution in [3.63, 3.8) is 0 Å². The molecule has 5 rings (SSSR count). The van der Waals surface area contributed by atoms with Gasteiger partial charge in [0.1, 0.15) is 5.75 Å². The van der Waals surface area contributed by atoms with Crippen LogP contribution >= 0.6 is 0 Å². The average molecular weight is 417 g/mol. The summed E-state index contributed by atoms with van der Waals surface area (Å²) >= 11 is 0. The van der Waals surface area contributed by atoms with E-state index in [2.05, 4.69) is 5.10 Å². The van der Waals surface area contributed by atoms with Gasteiger partial charge in [0.25, 0.3) is 5.56 Å². The van der Waals surface area contributed by atoms with E-state index in [1.54, 1.807) is 24.3 Å². The van der Waals surface area contributed by atoms with Gasteiger partial charge < -0.3 is 9.47 Å². The van der Waals surface area contributed by atoms with E-state index in [0.717, 1.165) is 35.4 Å². The summed E-state index contributed by atoms with van der Waals surface area (Å²) < 4.78 is 40.4. The molecule has 154 valence electrons. The molecule has 1 saturated heterocycles. The van der Waals surface area contributed by atoms with Crippen LogP contribution in [0.5, 0.6) is 5.75 Å². The molecule has 4 heterocycles. The van der Waals surface area contributed by atoms with Gasteiger partial charge in [0.15, 0.2) is 0 Å². The topological polar surface area (TPSA) is 90.7 Å². The van der Waals surface area contributed by atoms with Gasteiger partial charge in [0.2, 0.25) is 10.0 Å². The van der Waals surface area contributed by atoms with Crippen molar-refractivity contribution in [2.75, 3.05) is 19.8 Å². The van der Waals surface area contributed by atoms with E-state index < -0.39 is 10.0 Å². The highest BCUT2D eigenvalue weighted by Gasteiger charge is 2.36. The smallest absolute Gasteiger partial charge is 0.267 e. The fourth-order valence-corrected chi connectivity index (χ4v) is 6.09. The minimum atomic E-state index is -3.65. The molecule has 1 unspecified atom stereocenters. The minimum absolute atomic E-state index is 0.215. The Kier molecular flexibility index (Phi) is 4.68. The molecule has 8 nitrogen and oxygen atoms in total. The molecule has 0 radical (unpaired) electrons. The average Bonchev–Trinajstić information content (AvgIpc) is 3.37. The highest BCUT2D eigenvalue weighted by atomic mass is 32.2. The lowest BCUT2D eigenvalue weighted by Gasteiger charge is -2.25. The molecule has 0 amide bonds. The van der Waals surface area contributed by atoms with Crippen LogP contribution in [-0.2, 0) is 40.8 Å². The monoisotopic (exact) mass is 417 g/mol. The van der Waals surface area contributed by atoms with Gasteiger partial charge in [-0.15, -0.1) is 0 Å². The molecule has 2 aromatic rings. The summed E-state index contributed by atoms with van der Waals surface area (Å²) in [5.74, 6) is 0.760. The van der Waals surface area contributed by atoms with E-state index in [1.807, 2.05) is 0 Å². The Bertz CT molecular complexity index is 1110. The van der Waals surface area contributed by atoms with Crippen LogP contribution in [-0.4, -0.2) is 48.3 Å². The van der Waals surface area contributed by atoms with Crippen LogP contribution in [0.1, 0.15) is 29.7 Å². The number of aromatic nitrogens is 2. The summed E-state index contributed by atoms with van der Waals surface area (Å²) in [6.45, 7) is 2.30. The number of sulfonamides is 1. The molecule has 1 aromatic carbocycles. The van der Waals surface area contributed by atoms with Crippen molar-refractivity contribution in [3.8, 4) is 5.75 Å². The van der Waals surface area contributed by atoms with Crippen LogP contribution in [0.15, 0.2) is 34.0 Å². The van der Waals surface area contributed by atoms with Crippen LogP contribution < -0.4 is 10.3 Å². The van der Waals surface area contributed by atoms with Crippen molar-refractivity contribution in [2.24, 2.45) is 0 Å². The molecule has 0 spiro atoms. The van der Waals surface area contributed by atoms with E-state index in [9.17, 15) is 13.2 Å². The molecule has 3 aliphatic heterocycles. The summed E-state index contributed by atoms with van der Waals surface area (Å²) in [5.41, 5.74) is 2.40. The van der Waals surface area contributed by atoms with Crippen LogP contribution in [0.25, 0.3) is 0 Å². The number of hydrogen-bond acceptors (Lipinski definition) is 6. The third kappa shape index (κ3) is 3.37. The molecule has 29 heavy (non-hydrogen) atoms. The van der Waals surface area contributed by atoms with E-state index in [4.69, 9.17) is 9.47 Å². The van der Waals surface area contributed by atoms with E-state index in [1.165, 1.54) is 8.99 Å². The van der Waals surface area contributed by atoms with Gasteiger partial charge >= 0.3 is 0 Å². The van der Waals surface area contributed by atoms with E-state index in [0.29, 0.717) is 39.2 Å². The predicted octanol–water partition coefficient (Wildman–Crippen LogP) is 1.10. The normalized spacial score (nSPS) is 21.6. The van der Waals surface area contributed by atoms with E-state index in [-0.39, 0.29) is 23.0 Å². The first kappa shape index (κ1) is 18.8. The van der Waals surface area contributed by atoms with Gasteiger partial charge in [-0.05, 0) is 36.6 Å². The molecule has 1 atom stereocenters. The van der Waals surface area contributed by atoms with Crippen LogP contribution in [0.4, 0.5) is 0 Å². The molecule has 0 bridgehead atoms. The van der Waals surface area contributed by atoms with Crippen molar-refractivity contribution in [2.45, 2.75) is 49.8 Å². The van der Waals surface area contributed by atoms with Crippen molar-refractivity contribution in [3.05, 3.63) is 51.4 Å². The molecule has 0 aliphatic carbocycles. The Morgan fingerprint density at radius 1 is 1.14 bits per heavy atom. The lowest BCUT2D eigenvalue weighted by molar-refractivity contribution is 0.107. The van der Waals surface area contributed by atoms with Crippen LogP contribution in [0.2, 0.25) is 0 Å². The number of rotatable bonds is 4. The van der Waals surface area contributed by atoms with Gasteiger partial charge in [-0.2, -0.15) is 9.40 Å². The van der Waals surface area contributed by atoms with E-state index >= 15 is 0 Å². The molecular formula is C20H23N3O5S. The third-order valence-corrected chi connectivity index (χ3v) is 7.83. The molecular weight excluding hydrogens is 394 g/mol. The summed E-state index contributed by atoms with van der Waals surface area (Å²) in [4.78, 5) is 12.8. The maximum atomic E-state index is 13.3. The summed E-state index contributed by atoms with van der Waals surface area (Å²) in [6, 6.07) is 6.34. The zero-order valence-corrected chi connectivity index (χ0v) is 16.9. The number of ether oxygens (including phenoxy) is 2. The van der Waals surface area contributed by atoms with Crippen molar-refractivity contribution < 1.29 is 17.9 Å². The second-order valence-corrected chi connectivity index (χ2v) is 9.61. The maximum absolute atomic E-state index is 13.3. The fourth-order valence-electron chi connectivity index (χ4n) is 4.35. The van der Waals surface area contributed by atoms with Crippen LogP contribution in [0, 0.1) is 0 Å². The van der Waals surface area contributed by atoms with Crippen molar-refractivity contribution in [1.82, 2.24) is 14.1 Å². The van der Waals surface area contributed by atoms with Gasteiger partial charge in [-0.25, -0.2) is 13.1 Å². The number of benzene rings is 1. The standard InChI is InChI=1S/C20H23N3O5S/c24-20-11-15-13-27-8-6-18(15)21-22(20)12-16-2-1-7-23(16)29(25,26)17-3-4-19-14(10-17)5-9-28-19/h3-4,10-11,16H,1-2,5-9,12-13H2.